The minimum absolute atomic E-state index is 0.136. The minimum atomic E-state index is -1.08. The van der Waals surface area contributed by atoms with Gasteiger partial charge in [-0.2, -0.15) is 0 Å². The number of nitrogens with zero attached hydrogens (tertiary/aromatic N) is 1. The average molecular weight is 371 g/mol. The number of amides is 2. The summed E-state index contributed by atoms with van der Waals surface area (Å²) in [5.41, 5.74) is 1.77. The lowest BCUT2D eigenvalue weighted by Crippen LogP contribution is -2.46. The average Bonchev–Trinajstić information content (AvgIpc) is 2.83. The number of carboxylic acids is 1. The van der Waals surface area contributed by atoms with Crippen LogP contribution in [0.3, 0.4) is 0 Å². The molecule has 0 aliphatic heterocycles. The fraction of sp³-hybridized carbons (Fsp3) is 0.625. The third-order valence-corrected chi connectivity index (χ3v) is 4.41. The Morgan fingerprint density at radius 1 is 1.24 bits per heavy atom. The number of hydrogen-bond donors (Lipinski definition) is 3. The molecule has 2 amide bonds. The van der Waals surface area contributed by atoms with Gasteiger partial charge in [0.05, 0.1) is 18.0 Å². The third kappa shape index (κ3) is 7.59. The molecule has 0 aliphatic carbocycles. The Morgan fingerprint density at radius 3 is 2.44 bits per heavy atom. The molecule has 140 valence electrons. The normalized spacial score (nSPS) is 12.0. The van der Waals surface area contributed by atoms with E-state index in [0.29, 0.717) is 12.2 Å². The van der Waals surface area contributed by atoms with Crippen molar-refractivity contribution in [2.24, 2.45) is 5.92 Å². The topological polar surface area (TPSA) is 122 Å². The highest BCUT2D eigenvalue weighted by Crippen LogP contribution is 2.19. The van der Waals surface area contributed by atoms with E-state index in [9.17, 15) is 14.4 Å². The van der Waals surface area contributed by atoms with Gasteiger partial charge in [0, 0.05) is 11.3 Å². The lowest BCUT2D eigenvalue weighted by Gasteiger charge is -2.16. The smallest absolute Gasteiger partial charge is 0.326 e. The Labute approximate surface area is 151 Å². The van der Waals surface area contributed by atoms with Crippen LogP contribution in [-0.4, -0.2) is 46.4 Å². The van der Waals surface area contributed by atoms with E-state index in [1.54, 1.807) is 0 Å². The van der Waals surface area contributed by atoms with E-state index in [0.717, 1.165) is 17.0 Å². The SMILES string of the molecule is Cc1noc(C)c1CSCC(=O)NCC(=O)N[C@@H](CC(C)C)C(=O)O. The van der Waals surface area contributed by atoms with Crippen molar-refractivity contribution in [2.75, 3.05) is 12.3 Å². The van der Waals surface area contributed by atoms with Crippen LogP contribution in [0.25, 0.3) is 0 Å². The van der Waals surface area contributed by atoms with Crippen LogP contribution in [0.2, 0.25) is 0 Å². The van der Waals surface area contributed by atoms with E-state index < -0.39 is 17.9 Å². The number of aromatic nitrogens is 1. The Kier molecular flexibility index (Phi) is 8.47. The number of carbonyl (C=O) groups excluding carboxylic acids is 2. The molecule has 1 heterocycles. The van der Waals surface area contributed by atoms with Gasteiger partial charge in [0.1, 0.15) is 11.8 Å². The molecule has 0 aliphatic rings. The Balaban J connectivity index is 2.30. The number of hydrogen-bond acceptors (Lipinski definition) is 6. The van der Waals surface area contributed by atoms with Crippen molar-refractivity contribution in [3.05, 3.63) is 17.0 Å². The second-order valence-corrected chi connectivity index (χ2v) is 7.15. The second-order valence-electron chi connectivity index (χ2n) is 6.16. The van der Waals surface area contributed by atoms with Crippen LogP contribution in [0.4, 0.5) is 0 Å². The number of rotatable bonds is 10. The highest BCUT2D eigenvalue weighted by molar-refractivity contribution is 7.99. The summed E-state index contributed by atoms with van der Waals surface area (Å²) in [6.07, 6.45) is 0.336. The van der Waals surface area contributed by atoms with Crippen LogP contribution in [0.1, 0.15) is 37.3 Å². The molecular formula is C16H25N3O5S. The van der Waals surface area contributed by atoms with Crippen LogP contribution in [0, 0.1) is 19.8 Å². The molecule has 0 saturated heterocycles. The number of carboxylic acid groups (broad SMARTS) is 1. The lowest BCUT2D eigenvalue weighted by atomic mass is 10.0. The molecule has 1 aromatic rings. The number of aliphatic carboxylic acids is 1. The van der Waals surface area contributed by atoms with Gasteiger partial charge in [-0.25, -0.2) is 4.79 Å². The van der Waals surface area contributed by atoms with Crippen molar-refractivity contribution < 1.29 is 24.0 Å². The summed E-state index contributed by atoms with van der Waals surface area (Å²) in [4.78, 5) is 34.7. The summed E-state index contributed by atoms with van der Waals surface area (Å²) in [5, 5.41) is 17.8. The monoisotopic (exact) mass is 371 g/mol. The van der Waals surface area contributed by atoms with Gasteiger partial charge in [0.25, 0.3) is 0 Å². The summed E-state index contributed by atoms with van der Waals surface area (Å²) < 4.78 is 5.05. The summed E-state index contributed by atoms with van der Waals surface area (Å²) in [6, 6.07) is -0.946. The standard InChI is InChI=1S/C16H25N3O5S/c1-9(2)5-13(16(22)23)18-14(20)6-17-15(21)8-25-7-12-10(3)19-24-11(12)4/h9,13H,5-8H2,1-4H3,(H,17,21)(H,18,20)(H,22,23)/t13-/m0/s1. The summed E-state index contributed by atoms with van der Waals surface area (Å²) in [6.45, 7) is 7.16. The maximum atomic E-state index is 11.8. The van der Waals surface area contributed by atoms with Crippen LogP contribution in [-0.2, 0) is 20.1 Å². The van der Waals surface area contributed by atoms with E-state index in [4.69, 9.17) is 9.63 Å². The Bertz CT molecular complexity index is 595. The maximum Gasteiger partial charge on any atom is 0.326 e. The number of thioether (sulfide) groups is 1. The molecule has 0 radical (unpaired) electrons. The van der Waals surface area contributed by atoms with E-state index in [-0.39, 0.29) is 24.1 Å². The van der Waals surface area contributed by atoms with Gasteiger partial charge in [-0.15, -0.1) is 11.8 Å². The maximum absolute atomic E-state index is 11.8. The zero-order valence-electron chi connectivity index (χ0n) is 14.9. The second kappa shape index (κ2) is 10.1. The van der Waals surface area contributed by atoms with Crippen LogP contribution < -0.4 is 10.6 Å². The van der Waals surface area contributed by atoms with Crippen LogP contribution in [0.5, 0.6) is 0 Å². The zero-order chi connectivity index (χ0) is 19.0. The van der Waals surface area contributed by atoms with Gasteiger partial charge >= 0.3 is 5.97 Å². The first kappa shape index (κ1) is 21.0. The number of carbonyl (C=O) groups is 3. The number of nitrogens with one attached hydrogen (secondary N) is 2. The first-order valence-corrected chi connectivity index (χ1v) is 9.14. The van der Waals surface area contributed by atoms with Gasteiger partial charge in [-0.05, 0) is 26.2 Å². The molecule has 0 bridgehead atoms. The third-order valence-electron chi connectivity index (χ3n) is 3.45. The Hall–Kier alpha value is -2.03. The van der Waals surface area contributed by atoms with Gasteiger partial charge in [0.15, 0.2) is 0 Å². The molecule has 1 rings (SSSR count). The fourth-order valence-electron chi connectivity index (χ4n) is 2.12. The molecule has 8 nitrogen and oxygen atoms in total. The van der Waals surface area contributed by atoms with Gasteiger partial charge < -0.3 is 20.3 Å². The molecule has 0 unspecified atom stereocenters. The van der Waals surface area contributed by atoms with E-state index in [1.807, 2.05) is 27.7 Å². The highest BCUT2D eigenvalue weighted by Gasteiger charge is 2.21. The minimum Gasteiger partial charge on any atom is -0.480 e. The first-order valence-electron chi connectivity index (χ1n) is 7.99. The predicted molar refractivity (Wildman–Crippen MR) is 94.2 cm³/mol. The predicted octanol–water partition coefficient (Wildman–Crippen LogP) is 1.26. The largest absolute Gasteiger partial charge is 0.480 e. The van der Waals surface area contributed by atoms with E-state index in [1.165, 1.54) is 11.8 Å². The van der Waals surface area contributed by atoms with Crippen molar-refractivity contribution in [1.82, 2.24) is 15.8 Å². The highest BCUT2D eigenvalue weighted by atomic mass is 32.2. The van der Waals surface area contributed by atoms with Gasteiger partial charge in [-0.3, -0.25) is 9.59 Å². The molecule has 1 aromatic heterocycles. The lowest BCUT2D eigenvalue weighted by molar-refractivity contribution is -0.142. The van der Waals surface area contributed by atoms with Gasteiger partial charge in [-0.1, -0.05) is 19.0 Å². The van der Waals surface area contributed by atoms with Crippen molar-refractivity contribution in [3.8, 4) is 0 Å². The zero-order valence-corrected chi connectivity index (χ0v) is 15.7. The quantitative estimate of drug-likeness (QED) is 0.566. The summed E-state index contributed by atoms with van der Waals surface area (Å²) >= 11 is 1.39. The molecule has 0 saturated carbocycles. The van der Waals surface area contributed by atoms with Crippen LogP contribution in [0.15, 0.2) is 4.52 Å². The molecule has 3 N–H and O–H groups in total. The molecule has 25 heavy (non-hydrogen) atoms. The Morgan fingerprint density at radius 2 is 1.92 bits per heavy atom. The molecule has 0 fully saturated rings. The van der Waals surface area contributed by atoms with E-state index >= 15 is 0 Å². The first-order chi connectivity index (χ1) is 11.7. The van der Waals surface area contributed by atoms with Crippen molar-refractivity contribution in [3.63, 3.8) is 0 Å². The summed E-state index contributed by atoms with van der Waals surface area (Å²) in [7, 11) is 0. The van der Waals surface area contributed by atoms with Crippen molar-refractivity contribution >= 4 is 29.5 Å². The summed E-state index contributed by atoms with van der Waals surface area (Å²) in [5.74, 6) is -0.239. The molecule has 9 heteroatoms. The van der Waals surface area contributed by atoms with Crippen LogP contribution >= 0.6 is 11.8 Å². The molecular weight excluding hydrogens is 346 g/mol. The molecule has 1 atom stereocenters. The fourth-order valence-corrected chi connectivity index (χ4v) is 3.13. The van der Waals surface area contributed by atoms with Crippen molar-refractivity contribution in [1.29, 1.82) is 0 Å². The van der Waals surface area contributed by atoms with Crippen molar-refractivity contribution in [2.45, 2.75) is 45.9 Å². The van der Waals surface area contributed by atoms with Gasteiger partial charge in [0.2, 0.25) is 11.8 Å². The van der Waals surface area contributed by atoms with E-state index in [2.05, 4.69) is 15.8 Å². The number of aryl methyl sites for hydroxylation is 2. The molecule has 0 spiro atoms. The molecule has 0 aromatic carbocycles.